The van der Waals surface area contributed by atoms with Crippen LogP contribution in [-0.2, 0) is 19.6 Å². The lowest BCUT2D eigenvalue weighted by molar-refractivity contribution is -0.123. The number of benzene rings is 1. The number of nitrogens with two attached hydrogens (primary N) is 1. The Morgan fingerprint density at radius 3 is 2.07 bits per heavy atom. The topological polar surface area (TPSA) is 140 Å². The van der Waals surface area contributed by atoms with Crippen molar-refractivity contribution in [3.63, 3.8) is 0 Å². The van der Waals surface area contributed by atoms with Gasteiger partial charge in [0.2, 0.25) is 10.0 Å². The van der Waals surface area contributed by atoms with E-state index >= 15 is 0 Å². The van der Waals surface area contributed by atoms with Crippen molar-refractivity contribution in [2.24, 2.45) is 5.14 Å². The van der Waals surface area contributed by atoms with E-state index in [9.17, 15) is 22.8 Å². The third kappa shape index (κ3) is 3.52. The second-order valence-electron chi connectivity index (χ2n) is 6.00. The molecule has 10 heteroatoms. The van der Waals surface area contributed by atoms with Gasteiger partial charge in [-0.3, -0.25) is 20.2 Å². The van der Waals surface area contributed by atoms with Crippen molar-refractivity contribution in [1.82, 2.24) is 15.2 Å². The Labute approximate surface area is 154 Å². The molecule has 0 unspecified atom stereocenters. The summed E-state index contributed by atoms with van der Waals surface area (Å²) in [6, 6.07) is 6.92. The van der Waals surface area contributed by atoms with E-state index in [1.54, 1.807) is 25.1 Å². The van der Waals surface area contributed by atoms with E-state index in [-0.39, 0.29) is 10.5 Å². The van der Waals surface area contributed by atoms with Gasteiger partial charge < -0.3 is 4.57 Å². The van der Waals surface area contributed by atoms with E-state index in [0.717, 1.165) is 11.4 Å². The lowest BCUT2D eigenvalue weighted by Gasteiger charge is -2.14. The van der Waals surface area contributed by atoms with E-state index in [1.165, 1.54) is 18.2 Å². The van der Waals surface area contributed by atoms with E-state index in [1.807, 2.05) is 22.1 Å². The second-order valence-corrected chi connectivity index (χ2v) is 7.56. The molecular weight excluding hydrogens is 372 g/mol. The maximum atomic E-state index is 11.9. The van der Waals surface area contributed by atoms with Crippen molar-refractivity contribution >= 4 is 33.9 Å². The van der Waals surface area contributed by atoms with Crippen LogP contribution in [0, 0.1) is 13.8 Å². The number of aryl methyl sites for hydroxylation is 1. The fourth-order valence-electron chi connectivity index (χ4n) is 2.88. The fourth-order valence-corrected chi connectivity index (χ4v) is 3.39. The summed E-state index contributed by atoms with van der Waals surface area (Å²) in [7, 11) is -3.79. The van der Waals surface area contributed by atoms with E-state index in [0.29, 0.717) is 11.3 Å². The predicted molar refractivity (Wildman–Crippen MR) is 96.3 cm³/mol. The first-order chi connectivity index (χ1) is 12.6. The Morgan fingerprint density at radius 1 is 1.00 bits per heavy atom. The summed E-state index contributed by atoms with van der Waals surface area (Å²) < 4.78 is 24.6. The number of barbiturate groups is 1. The molecule has 0 radical (unpaired) electrons. The molecule has 2 aromatic rings. The number of nitrogens with zero attached hydrogens (tertiary/aromatic N) is 1. The van der Waals surface area contributed by atoms with Gasteiger partial charge in [-0.2, -0.15) is 0 Å². The number of sulfonamides is 1. The van der Waals surface area contributed by atoms with E-state index in [4.69, 9.17) is 5.14 Å². The monoisotopic (exact) mass is 388 g/mol. The molecule has 1 aromatic heterocycles. The molecule has 1 aliphatic heterocycles. The number of nitrogens with one attached hydrogen (secondary N) is 2. The van der Waals surface area contributed by atoms with Crippen LogP contribution in [0.4, 0.5) is 4.79 Å². The highest BCUT2D eigenvalue weighted by atomic mass is 32.2. The first-order valence-electron chi connectivity index (χ1n) is 7.78. The Morgan fingerprint density at radius 2 is 1.56 bits per heavy atom. The standard InChI is InChI=1S/C17H16N4O5S/c1-9-7-11(8-14-15(22)19-17(24)20-16(14)23)10(2)21(9)12-3-5-13(6-4-12)27(18,25)26/h3-8H,1-2H3,(H2,18,25,26)(H2,19,20,22,23,24). The van der Waals surface area contributed by atoms with Gasteiger partial charge in [-0.1, -0.05) is 0 Å². The molecule has 2 heterocycles. The zero-order valence-corrected chi connectivity index (χ0v) is 15.3. The van der Waals surface area contributed by atoms with Crippen molar-refractivity contribution in [3.05, 3.63) is 52.9 Å². The Kier molecular flexibility index (Phi) is 4.46. The third-order valence-electron chi connectivity index (χ3n) is 4.14. The molecular formula is C17H16N4O5S. The minimum atomic E-state index is -3.79. The van der Waals surface area contributed by atoms with Crippen LogP contribution in [0.1, 0.15) is 17.0 Å². The van der Waals surface area contributed by atoms with Gasteiger partial charge in [0.25, 0.3) is 11.8 Å². The number of carbonyl (C=O) groups is 3. The van der Waals surface area contributed by atoms with Crippen molar-refractivity contribution in [1.29, 1.82) is 0 Å². The fraction of sp³-hybridized carbons (Fsp3) is 0.118. The zero-order chi connectivity index (χ0) is 19.9. The number of carbonyl (C=O) groups excluding carboxylic acids is 3. The summed E-state index contributed by atoms with van der Waals surface area (Å²) in [6.45, 7) is 3.61. The average molecular weight is 388 g/mol. The lowest BCUT2D eigenvalue weighted by Crippen LogP contribution is -2.51. The SMILES string of the molecule is Cc1cc(C=C2C(=O)NC(=O)NC2=O)c(C)n1-c1ccc(S(N)(=O)=O)cc1. The molecule has 1 saturated heterocycles. The quantitative estimate of drug-likeness (QED) is 0.518. The van der Waals surface area contributed by atoms with Gasteiger partial charge in [-0.25, -0.2) is 18.4 Å². The predicted octanol–water partition coefficient (Wildman–Crippen LogP) is 0.491. The van der Waals surface area contributed by atoms with Gasteiger partial charge in [0.05, 0.1) is 4.90 Å². The van der Waals surface area contributed by atoms with Crippen LogP contribution in [0.2, 0.25) is 0 Å². The van der Waals surface area contributed by atoms with E-state index in [2.05, 4.69) is 0 Å². The maximum absolute atomic E-state index is 11.9. The van der Waals surface area contributed by atoms with Gasteiger partial charge in [0, 0.05) is 17.1 Å². The van der Waals surface area contributed by atoms with Gasteiger partial charge in [0.15, 0.2) is 0 Å². The molecule has 0 bridgehead atoms. The van der Waals surface area contributed by atoms with Gasteiger partial charge in [-0.15, -0.1) is 0 Å². The number of rotatable bonds is 3. The molecule has 3 rings (SSSR count). The van der Waals surface area contributed by atoms with Gasteiger partial charge >= 0.3 is 6.03 Å². The lowest BCUT2D eigenvalue weighted by atomic mass is 10.1. The van der Waals surface area contributed by atoms with Crippen LogP contribution < -0.4 is 15.8 Å². The number of primary sulfonamides is 1. The minimum absolute atomic E-state index is 0.00345. The molecule has 1 fully saturated rings. The number of urea groups is 1. The summed E-state index contributed by atoms with van der Waals surface area (Å²) in [5, 5.41) is 9.15. The number of amides is 4. The maximum Gasteiger partial charge on any atom is 0.328 e. The highest BCUT2D eigenvalue weighted by molar-refractivity contribution is 7.89. The summed E-state index contributed by atoms with van der Waals surface area (Å²) in [6.07, 6.45) is 1.40. The van der Waals surface area contributed by atoms with Gasteiger partial charge in [-0.05, 0) is 55.8 Å². The minimum Gasteiger partial charge on any atom is -0.318 e. The first kappa shape index (κ1) is 18.5. The zero-order valence-electron chi connectivity index (χ0n) is 14.4. The van der Waals surface area contributed by atoms with Crippen molar-refractivity contribution < 1.29 is 22.8 Å². The van der Waals surface area contributed by atoms with Crippen LogP contribution in [0.5, 0.6) is 0 Å². The van der Waals surface area contributed by atoms with Crippen molar-refractivity contribution in [3.8, 4) is 5.69 Å². The molecule has 140 valence electrons. The number of aromatic nitrogens is 1. The van der Waals surface area contributed by atoms with Crippen LogP contribution in [-0.4, -0.2) is 30.8 Å². The van der Waals surface area contributed by atoms with Crippen LogP contribution in [0.25, 0.3) is 11.8 Å². The molecule has 1 aromatic carbocycles. The summed E-state index contributed by atoms with van der Waals surface area (Å²) in [5.41, 5.74) is 2.64. The summed E-state index contributed by atoms with van der Waals surface area (Å²) in [5.74, 6) is -1.54. The normalized spacial score (nSPS) is 14.8. The molecule has 0 spiro atoms. The van der Waals surface area contributed by atoms with Crippen molar-refractivity contribution in [2.75, 3.05) is 0 Å². The van der Waals surface area contributed by atoms with Crippen LogP contribution >= 0.6 is 0 Å². The Hall–Kier alpha value is -3.24. The highest BCUT2D eigenvalue weighted by Gasteiger charge is 2.28. The van der Waals surface area contributed by atoms with Crippen LogP contribution in [0.15, 0.2) is 40.8 Å². The average Bonchev–Trinajstić information content (AvgIpc) is 2.84. The molecule has 0 saturated carbocycles. The Balaban J connectivity index is 2.03. The van der Waals surface area contributed by atoms with E-state index < -0.39 is 27.9 Å². The second kappa shape index (κ2) is 6.49. The molecule has 0 aliphatic carbocycles. The Bertz CT molecular complexity index is 1090. The molecule has 1 aliphatic rings. The summed E-state index contributed by atoms with van der Waals surface area (Å²) >= 11 is 0. The van der Waals surface area contributed by atoms with Crippen LogP contribution in [0.3, 0.4) is 0 Å². The third-order valence-corrected chi connectivity index (χ3v) is 5.07. The molecule has 9 nitrogen and oxygen atoms in total. The molecule has 0 atom stereocenters. The number of hydrogen-bond donors (Lipinski definition) is 3. The molecule has 4 N–H and O–H groups in total. The molecule has 4 amide bonds. The van der Waals surface area contributed by atoms with Crippen molar-refractivity contribution in [2.45, 2.75) is 18.7 Å². The summed E-state index contributed by atoms with van der Waals surface area (Å²) in [4.78, 5) is 34.9. The highest BCUT2D eigenvalue weighted by Crippen LogP contribution is 2.24. The molecule has 27 heavy (non-hydrogen) atoms. The number of hydrogen-bond acceptors (Lipinski definition) is 5. The largest absolute Gasteiger partial charge is 0.328 e. The van der Waals surface area contributed by atoms with Gasteiger partial charge in [0.1, 0.15) is 5.57 Å². The smallest absolute Gasteiger partial charge is 0.318 e. The number of imide groups is 2. The first-order valence-corrected chi connectivity index (χ1v) is 9.33.